The van der Waals surface area contributed by atoms with Crippen LogP contribution >= 0.6 is 15.9 Å². The highest BCUT2D eigenvalue weighted by Gasteiger charge is 2.35. The molecular formula is C15H20BrNO4. The van der Waals surface area contributed by atoms with Crippen molar-refractivity contribution in [3.8, 4) is 0 Å². The van der Waals surface area contributed by atoms with E-state index in [-0.39, 0.29) is 12.6 Å². The lowest BCUT2D eigenvalue weighted by Crippen LogP contribution is -2.51. The maximum atomic E-state index is 11.6. The van der Waals surface area contributed by atoms with Gasteiger partial charge in [0.15, 0.2) is 5.60 Å². The highest BCUT2D eigenvalue weighted by atomic mass is 79.9. The van der Waals surface area contributed by atoms with Crippen LogP contribution < -0.4 is 0 Å². The van der Waals surface area contributed by atoms with Crippen molar-refractivity contribution in [1.29, 1.82) is 0 Å². The fourth-order valence-electron chi connectivity index (χ4n) is 2.47. The van der Waals surface area contributed by atoms with Crippen molar-refractivity contribution >= 4 is 21.9 Å². The number of hydrogen-bond donors (Lipinski definition) is 1. The molecule has 1 heterocycles. The third-order valence-corrected chi connectivity index (χ3v) is 4.02. The average Bonchev–Trinajstić information content (AvgIpc) is 2.46. The topological polar surface area (TPSA) is 59.0 Å². The Morgan fingerprint density at radius 2 is 2.38 bits per heavy atom. The van der Waals surface area contributed by atoms with E-state index in [1.54, 1.807) is 0 Å². The molecule has 0 spiro atoms. The summed E-state index contributed by atoms with van der Waals surface area (Å²) < 4.78 is 11.4. The smallest absolute Gasteiger partial charge is 0.338 e. The molecule has 0 radical (unpaired) electrons. The maximum absolute atomic E-state index is 11.6. The first-order valence-electron chi connectivity index (χ1n) is 6.82. The summed E-state index contributed by atoms with van der Waals surface area (Å²) in [5.41, 5.74) is -0.430. The quantitative estimate of drug-likeness (QED) is 0.831. The third kappa shape index (κ3) is 4.26. The Morgan fingerprint density at radius 1 is 1.62 bits per heavy atom. The van der Waals surface area contributed by atoms with E-state index in [1.807, 2.05) is 29.2 Å². The SMILES string of the molecule is COC(=O)[C@](C)(O)CN1CCO[C@H](c2cccc(Br)c2)C1. The first kappa shape index (κ1) is 16.4. The van der Waals surface area contributed by atoms with Gasteiger partial charge in [0, 0.05) is 24.1 Å². The number of hydrogen-bond acceptors (Lipinski definition) is 5. The molecule has 1 aromatic rings. The van der Waals surface area contributed by atoms with E-state index >= 15 is 0 Å². The number of aliphatic hydroxyl groups is 1. The molecule has 0 aliphatic carbocycles. The summed E-state index contributed by atoms with van der Waals surface area (Å²) in [6, 6.07) is 7.96. The molecular weight excluding hydrogens is 338 g/mol. The molecule has 0 amide bonds. The van der Waals surface area contributed by atoms with Gasteiger partial charge in [0.05, 0.1) is 19.8 Å². The zero-order valence-electron chi connectivity index (χ0n) is 12.2. The number of carbonyl (C=O) groups excluding carboxylic acids is 1. The number of methoxy groups -OCH3 is 1. The minimum atomic E-state index is -1.51. The van der Waals surface area contributed by atoms with Gasteiger partial charge in [0.25, 0.3) is 0 Å². The molecule has 0 bridgehead atoms. The molecule has 1 fully saturated rings. The van der Waals surface area contributed by atoms with E-state index in [9.17, 15) is 9.90 Å². The molecule has 6 heteroatoms. The number of ether oxygens (including phenoxy) is 2. The second-order valence-corrected chi connectivity index (χ2v) is 6.33. The Hall–Kier alpha value is -0.950. The first-order chi connectivity index (χ1) is 9.92. The standard InChI is InChI=1S/C15H20BrNO4/c1-15(19,14(18)20-2)10-17-6-7-21-13(9-17)11-4-3-5-12(16)8-11/h3-5,8,13,19H,6-7,9-10H2,1-2H3/t13-,15+/m0/s1. The van der Waals surface area contributed by atoms with Crippen molar-refractivity contribution in [2.45, 2.75) is 18.6 Å². The van der Waals surface area contributed by atoms with Gasteiger partial charge in [-0.1, -0.05) is 28.1 Å². The number of benzene rings is 1. The van der Waals surface area contributed by atoms with Crippen molar-refractivity contribution in [2.75, 3.05) is 33.4 Å². The molecule has 1 aliphatic heterocycles. The predicted molar refractivity (Wildman–Crippen MR) is 81.9 cm³/mol. The number of halogens is 1. The zero-order chi connectivity index (χ0) is 15.5. The third-order valence-electron chi connectivity index (χ3n) is 3.53. The summed E-state index contributed by atoms with van der Waals surface area (Å²) in [6.45, 7) is 3.58. The largest absolute Gasteiger partial charge is 0.467 e. The van der Waals surface area contributed by atoms with Crippen LogP contribution in [0.15, 0.2) is 28.7 Å². The van der Waals surface area contributed by atoms with Gasteiger partial charge in [0.2, 0.25) is 0 Å². The number of β-amino-alcohol motifs (C(OH)–C–C–N with tert-alkyl or cyclic N) is 1. The maximum Gasteiger partial charge on any atom is 0.338 e. The minimum Gasteiger partial charge on any atom is -0.467 e. The molecule has 2 atom stereocenters. The van der Waals surface area contributed by atoms with Crippen LogP contribution in [0.25, 0.3) is 0 Å². The molecule has 0 aromatic heterocycles. The molecule has 1 aromatic carbocycles. The van der Waals surface area contributed by atoms with E-state index in [0.717, 1.165) is 10.0 Å². The lowest BCUT2D eigenvalue weighted by Gasteiger charge is -2.36. The highest BCUT2D eigenvalue weighted by molar-refractivity contribution is 9.10. The van der Waals surface area contributed by atoms with Gasteiger partial charge in [-0.15, -0.1) is 0 Å². The Bertz CT molecular complexity index is 506. The number of carbonyl (C=O) groups is 1. The van der Waals surface area contributed by atoms with Gasteiger partial charge in [-0.05, 0) is 24.6 Å². The van der Waals surface area contributed by atoms with E-state index < -0.39 is 11.6 Å². The summed E-state index contributed by atoms with van der Waals surface area (Å²) in [5.74, 6) is -0.618. The van der Waals surface area contributed by atoms with Crippen molar-refractivity contribution in [1.82, 2.24) is 4.90 Å². The monoisotopic (exact) mass is 357 g/mol. The van der Waals surface area contributed by atoms with Gasteiger partial charge < -0.3 is 14.6 Å². The van der Waals surface area contributed by atoms with Crippen LogP contribution in [0.3, 0.4) is 0 Å². The average molecular weight is 358 g/mol. The summed E-state index contributed by atoms with van der Waals surface area (Å²) in [4.78, 5) is 13.6. The number of morpholine rings is 1. The number of esters is 1. The van der Waals surface area contributed by atoms with Crippen LogP contribution in [0.2, 0.25) is 0 Å². The van der Waals surface area contributed by atoms with Gasteiger partial charge in [-0.25, -0.2) is 4.79 Å². The molecule has 5 nitrogen and oxygen atoms in total. The molecule has 21 heavy (non-hydrogen) atoms. The van der Waals surface area contributed by atoms with Crippen molar-refractivity contribution in [2.24, 2.45) is 0 Å². The Labute approximate surface area is 133 Å². The van der Waals surface area contributed by atoms with Gasteiger partial charge >= 0.3 is 5.97 Å². The Balaban J connectivity index is 2.02. The summed E-state index contributed by atoms with van der Waals surface area (Å²) in [6.07, 6.45) is -0.0651. The summed E-state index contributed by atoms with van der Waals surface area (Å²) in [7, 11) is 1.28. The van der Waals surface area contributed by atoms with Crippen molar-refractivity contribution in [3.63, 3.8) is 0 Å². The predicted octanol–water partition coefficient (Wildman–Crippen LogP) is 1.75. The molecule has 1 aliphatic rings. The molecule has 2 rings (SSSR count). The van der Waals surface area contributed by atoms with Crippen molar-refractivity contribution in [3.05, 3.63) is 34.3 Å². The van der Waals surface area contributed by atoms with E-state index in [2.05, 4.69) is 20.7 Å². The molecule has 116 valence electrons. The number of nitrogens with zero attached hydrogens (tertiary/aromatic N) is 1. The minimum absolute atomic E-state index is 0.0651. The lowest BCUT2D eigenvalue weighted by atomic mass is 10.0. The Kier molecular flexibility index (Phi) is 5.37. The van der Waals surface area contributed by atoms with Gasteiger partial charge in [0.1, 0.15) is 0 Å². The number of rotatable bonds is 4. The van der Waals surface area contributed by atoms with Crippen LogP contribution in [0.5, 0.6) is 0 Å². The second kappa shape index (κ2) is 6.87. The van der Waals surface area contributed by atoms with Crippen LogP contribution in [0.4, 0.5) is 0 Å². The van der Waals surface area contributed by atoms with E-state index in [0.29, 0.717) is 19.7 Å². The normalized spacial score (nSPS) is 22.6. The van der Waals surface area contributed by atoms with Gasteiger partial charge in [-0.3, -0.25) is 4.90 Å². The summed E-state index contributed by atoms with van der Waals surface area (Å²) in [5, 5.41) is 10.2. The lowest BCUT2D eigenvalue weighted by molar-refractivity contribution is -0.164. The molecule has 0 saturated carbocycles. The van der Waals surface area contributed by atoms with Crippen LogP contribution in [-0.2, 0) is 14.3 Å². The van der Waals surface area contributed by atoms with Gasteiger partial charge in [-0.2, -0.15) is 0 Å². The summed E-state index contributed by atoms with van der Waals surface area (Å²) >= 11 is 3.45. The first-order valence-corrected chi connectivity index (χ1v) is 7.62. The van der Waals surface area contributed by atoms with Crippen LogP contribution in [-0.4, -0.2) is 54.9 Å². The Morgan fingerprint density at radius 3 is 3.05 bits per heavy atom. The van der Waals surface area contributed by atoms with E-state index in [1.165, 1.54) is 14.0 Å². The molecule has 1 N–H and O–H groups in total. The fraction of sp³-hybridized carbons (Fsp3) is 0.533. The molecule has 0 unspecified atom stereocenters. The van der Waals surface area contributed by atoms with Crippen molar-refractivity contribution < 1.29 is 19.4 Å². The second-order valence-electron chi connectivity index (χ2n) is 5.41. The molecule has 1 saturated heterocycles. The highest BCUT2D eigenvalue weighted by Crippen LogP contribution is 2.25. The fourth-order valence-corrected chi connectivity index (χ4v) is 2.89. The zero-order valence-corrected chi connectivity index (χ0v) is 13.8. The van der Waals surface area contributed by atoms with Crippen LogP contribution in [0.1, 0.15) is 18.6 Å². The van der Waals surface area contributed by atoms with Crippen LogP contribution in [0, 0.1) is 0 Å². The van der Waals surface area contributed by atoms with E-state index in [4.69, 9.17) is 4.74 Å².